The number of hydrogen-bond donors (Lipinski definition) is 2. The van der Waals surface area contributed by atoms with Crippen LogP contribution >= 0.6 is 0 Å². The molecule has 0 aromatic heterocycles. The molecule has 0 bridgehead atoms. The molecule has 0 atom stereocenters. The first-order valence-electron chi connectivity index (χ1n) is 7.14. The highest BCUT2D eigenvalue weighted by molar-refractivity contribution is 5.66. The van der Waals surface area contributed by atoms with Crippen LogP contribution in [0.15, 0.2) is 42.5 Å². The van der Waals surface area contributed by atoms with E-state index < -0.39 is 0 Å². The monoisotopic (exact) mass is 285 g/mol. The summed E-state index contributed by atoms with van der Waals surface area (Å²) in [4.78, 5) is 2.28. The summed E-state index contributed by atoms with van der Waals surface area (Å²) in [6, 6.07) is 12.7. The van der Waals surface area contributed by atoms with E-state index in [1.54, 1.807) is 18.2 Å². The fourth-order valence-corrected chi connectivity index (χ4v) is 2.55. The number of nitrogens with zero attached hydrogens (tertiary/aromatic N) is 1. The Balaban J connectivity index is 1.83. The molecule has 0 aliphatic carbocycles. The molecule has 0 radical (unpaired) electrons. The molecule has 3 rings (SSSR count). The van der Waals surface area contributed by atoms with Crippen LogP contribution in [0, 0.1) is 0 Å². The lowest BCUT2D eigenvalue weighted by Gasteiger charge is -2.27. The number of aromatic hydroxyl groups is 2. The van der Waals surface area contributed by atoms with E-state index in [9.17, 15) is 10.2 Å². The van der Waals surface area contributed by atoms with Gasteiger partial charge in [0.1, 0.15) is 11.5 Å². The van der Waals surface area contributed by atoms with Gasteiger partial charge in [-0.3, -0.25) is 4.90 Å². The molecule has 4 nitrogen and oxygen atoms in total. The van der Waals surface area contributed by atoms with Crippen molar-refractivity contribution in [3.63, 3.8) is 0 Å². The second-order valence-electron chi connectivity index (χ2n) is 5.28. The molecule has 0 unspecified atom stereocenters. The standard InChI is InChI=1S/C17H19NO3/c19-16-4-1-13(2-5-16)14-3-6-17(20)15(11-14)12-18-7-9-21-10-8-18/h1-6,11,19-20H,7-10,12H2. The summed E-state index contributed by atoms with van der Waals surface area (Å²) in [6.07, 6.45) is 0. The molecule has 0 spiro atoms. The molecule has 1 fully saturated rings. The van der Waals surface area contributed by atoms with Crippen LogP contribution in [-0.4, -0.2) is 41.4 Å². The molecule has 1 aliphatic rings. The van der Waals surface area contributed by atoms with Gasteiger partial charge in [-0.1, -0.05) is 18.2 Å². The van der Waals surface area contributed by atoms with Gasteiger partial charge in [0.05, 0.1) is 13.2 Å². The summed E-state index contributed by atoms with van der Waals surface area (Å²) in [5.74, 6) is 0.579. The molecular weight excluding hydrogens is 266 g/mol. The van der Waals surface area contributed by atoms with E-state index in [1.165, 1.54) is 0 Å². The summed E-state index contributed by atoms with van der Waals surface area (Å²) < 4.78 is 5.34. The predicted molar refractivity (Wildman–Crippen MR) is 81.3 cm³/mol. The molecule has 2 aromatic rings. The summed E-state index contributed by atoms with van der Waals surface area (Å²) in [7, 11) is 0. The lowest BCUT2D eigenvalue weighted by Crippen LogP contribution is -2.35. The van der Waals surface area contributed by atoms with Gasteiger partial charge < -0.3 is 14.9 Å². The minimum absolute atomic E-state index is 0.256. The Kier molecular flexibility index (Phi) is 4.08. The van der Waals surface area contributed by atoms with Gasteiger partial charge in [0, 0.05) is 25.2 Å². The topological polar surface area (TPSA) is 52.9 Å². The van der Waals surface area contributed by atoms with Crippen LogP contribution in [0.4, 0.5) is 0 Å². The molecule has 1 saturated heterocycles. The maximum atomic E-state index is 10.1. The predicted octanol–water partition coefficient (Wildman–Crippen LogP) is 2.60. The van der Waals surface area contributed by atoms with Crippen LogP contribution in [0.3, 0.4) is 0 Å². The van der Waals surface area contributed by atoms with Gasteiger partial charge in [0.25, 0.3) is 0 Å². The zero-order chi connectivity index (χ0) is 14.7. The number of benzene rings is 2. The van der Waals surface area contributed by atoms with E-state index in [1.807, 2.05) is 24.3 Å². The summed E-state index contributed by atoms with van der Waals surface area (Å²) in [5.41, 5.74) is 2.98. The minimum atomic E-state index is 0.256. The molecule has 4 heteroatoms. The molecule has 1 heterocycles. The summed E-state index contributed by atoms with van der Waals surface area (Å²) in [5, 5.41) is 19.4. The van der Waals surface area contributed by atoms with Gasteiger partial charge in [0.2, 0.25) is 0 Å². The van der Waals surface area contributed by atoms with Crippen molar-refractivity contribution in [1.82, 2.24) is 4.90 Å². The quantitative estimate of drug-likeness (QED) is 0.910. The summed E-state index contributed by atoms with van der Waals surface area (Å²) >= 11 is 0. The van der Waals surface area contributed by atoms with Crippen molar-refractivity contribution in [1.29, 1.82) is 0 Å². The summed E-state index contributed by atoms with van der Waals surface area (Å²) in [6.45, 7) is 4.00. The van der Waals surface area contributed by atoms with Gasteiger partial charge in [0.15, 0.2) is 0 Å². The Morgan fingerprint density at radius 2 is 1.57 bits per heavy atom. The van der Waals surface area contributed by atoms with Gasteiger partial charge in [-0.05, 0) is 35.4 Å². The largest absolute Gasteiger partial charge is 0.508 e. The zero-order valence-electron chi connectivity index (χ0n) is 11.8. The highest BCUT2D eigenvalue weighted by Crippen LogP contribution is 2.28. The third kappa shape index (κ3) is 3.35. The lowest BCUT2D eigenvalue weighted by atomic mass is 10.0. The van der Waals surface area contributed by atoms with Crippen LogP contribution in [-0.2, 0) is 11.3 Å². The van der Waals surface area contributed by atoms with Crippen LogP contribution < -0.4 is 0 Å². The number of phenolic OH excluding ortho intramolecular Hbond substituents is 2. The Labute approximate surface area is 124 Å². The van der Waals surface area contributed by atoms with E-state index in [0.717, 1.165) is 49.5 Å². The van der Waals surface area contributed by atoms with Crippen LogP contribution in [0.25, 0.3) is 11.1 Å². The smallest absolute Gasteiger partial charge is 0.120 e. The highest BCUT2D eigenvalue weighted by atomic mass is 16.5. The first kappa shape index (κ1) is 13.9. The number of phenols is 2. The Hall–Kier alpha value is -2.04. The van der Waals surface area contributed by atoms with Crippen molar-refractivity contribution in [3.8, 4) is 22.6 Å². The molecular formula is C17H19NO3. The second kappa shape index (κ2) is 6.16. The van der Waals surface area contributed by atoms with Gasteiger partial charge in [-0.25, -0.2) is 0 Å². The average molecular weight is 285 g/mol. The SMILES string of the molecule is Oc1ccc(-c2ccc(O)c(CN3CCOCC3)c2)cc1. The molecule has 2 aromatic carbocycles. The van der Waals surface area contributed by atoms with Crippen LogP contribution in [0.1, 0.15) is 5.56 Å². The second-order valence-corrected chi connectivity index (χ2v) is 5.28. The van der Waals surface area contributed by atoms with Crippen molar-refractivity contribution in [2.75, 3.05) is 26.3 Å². The van der Waals surface area contributed by atoms with Gasteiger partial charge >= 0.3 is 0 Å². The molecule has 2 N–H and O–H groups in total. The number of ether oxygens (including phenoxy) is 1. The number of rotatable bonds is 3. The van der Waals surface area contributed by atoms with E-state index in [-0.39, 0.29) is 5.75 Å². The minimum Gasteiger partial charge on any atom is -0.508 e. The van der Waals surface area contributed by atoms with Crippen LogP contribution in [0.2, 0.25) is 0 Å². The third-order valence-electron chi connectivity index (χ3n) is 3.78. The van der Waals surface area contributed by atoms with E-state index in [2.05, 4.69) is 4.90 Å². The highest BCUT2D eigenvalue weighted by Gasteiger charge is 2.13. The third-order valence-corrected chi connectivity index (χ3v) is 3.78. The molecule has 110 valence electrons. The average Bonchev–Trinajstić information content (AvgIpc) is 2.51. The molecule has 0 saturated carbocycles. The van der Waals surface area contributed by atoms with E-state index in [0.29, 0.717) is 5.75 Å². The Morgan fingerprint density at radius 3 is 2.29 bits per heavy atom. The Bertz CT molecular complexity index is 604. The maximum Gasteiger partial charge on any atom is 0.120 e. The van der Waals surface area contributed by atoms with Crippen molar-refractivity contribution in [2.45, 2.75) is 6.54 Å². The van der Waals surface area contributed by atoms with Crippen molar-refractivity contribution >= 4 is 0 Å². The zero-order valence-corrected chi connectivity index (χ0v) is 11.8. The van der Waals surface area contributed by atoms with Crippen molar-refractivity contribution in [2.24, 2.45) is 0 Å². The number of hydrogen-bond acceptors (Lipinski definition) is 4. The van der Waals surface area contributed by atoms with Crippen molar-refractivity contribution in [3.05, 3.63) is 48.0 Å². The molecule has 0 amide bonds. The molecule has 21 heavy (non-hydrogen) atoms. The van der Waals surface area contributed by atoms with Crippen molar-refractivity contribution < 1.29 is 14.9 Å². The number of morpholine rings is 1. The normalized spacial score (nSPS) is 16.0. The fourth-order valence-electron chi connectivity index (χ4n) is 2.55. The fraction of sp³-hybridized carbons (Fsp3) is 0.294. The van der Waals surface area contributed by atoms with E-state index in [4.69, 9.17) is 4.74 Å². The first-order chi connectivity index (χ1) is 10.2. The van der Waals surface area contributed by atoms with Crippen LogP contribution in [0.5, 0.6) is 11.5 Å². The Morgan fingerprint density at radius 1 is 0.905 bits per heavy atom. The lowest BCUT2D eigenvalue weighted by molar-refractivity contribution is 0.0339. The van der Waals surface area contributed by atoms with Gasteiger partial charge in [-0.2, -0.15) is 0 Å². The van der Waals surface area contributed by atoms with Gasteiger partial charge in [-0.15, -0.1) is 0 Å². The maximum absolute atomic E-state index is 10.1. The first-order valence-corrected chi connectivity index (χ1v) is 7.14. The molecule has 1 aliphatic heterocycles. The van der Waals surface area contributed by atoms with E-state index >= 15 is 0 Å².